The minimum absolute atomic E-state index is 0.0447. The van der Waals surface area contributed by atoms with E-state index >= 15 is 0 Å². The van der Waals surface area contributed by atoms with Crippen LogP contribution in [0.2, 0.25) is 5.02 Å². The number of benzene rings is 5. The molecule has 0 spiro atoms. The van der Waals surface area contributed by atoms with Gasteiger partial charge in [0.25, 0.3) is 0 Å². The Labute approximate surface area is 321 Å². The Balaban J connectivity index is 1.32. The molecule has 2 heterocycles. The van der Waals surface area contributed by atoms with Crippen LogP contribution in [0.25, 0.3) is 0 Å². The van der Waals surface area contributed by atoms with Crippen molar-refractivity contribution in [2.75, 3.05) is 13.2 Å². The van der Waals surface area contributed by atoms with Gasteiger partial charge in [-0.15, -0.1) is 0 Å². The van der Waals surface area contributed by atoms with Crippen LogP contribution in [0.4, 0.5) is 4.39 Å². The van der Waals surface area contributed by atoms with E-state index in [1.54, 1.807) is 6.07 Å². The van der Waals surface area contributed by atoms with Gasteiger partial charge in [-0.3, -0.25) is 0 Å². The Morgan fingerprint density at radius 3 is 1.89 bits per heavy atom. The summed E-state index contributed by atoms with van der Waals surface area (Å²) in [6, 6.07) is 40.5. The fourth-order valence-electron chi connectivity index (χ4n) is 7.22. The maximum absolute atomic E-state index is 14.9. The summed E-state index contributed by atoms with van der Waals surface area (Å²) < 4.78 is 61.8. The summed E-state index contributed by atoms with van der Waals surface area (Å²) in [5.74, 6) is -3.09. The number of halogens is 2. The molecule has 0 amide bonds. The van der Waals surface area contributed by atoms with Crippen molar-refractivity contribution in [2.45, 2.75) is 83.0 Å². The van der Waals surface area contributed by atoms with Crippen molar-refractivity contribution in [2.24, 2.45) is 0 Å². The molecule has 0 saturated carbocycles. The van der Waals surface area contributed by atoms with Crippen molar-refractivity contribution in [1.82, 2.24) is 0 Å². The van der Waals surface area contributed by atoms with Crippen LogP contribution in [0.1, 0.15) is 54.2 Å². The molecule has 7 rings (SSSR count). The van der Waals surface area contributed by atoms with Gasteiger partial charge in [0.2, 0.25) is 11.6 Å². The first-order chi connectivity index (χ1) is 26.3. The van der Waals surface area contributed by atoms with Crippen LogP contribution >= 0.6 is 11.6 Å². The zero-order valence-corrected chi connectivity index (χ0v) is 31.5. The lowest BCUT2D eigenvalue weighted by Crippen LogP contribution is -2.67. The first-order valence-electron chi connectivity index (χ1n) is 18.5. The first-order valence-corrected chi connectivity index (χ1v) is 18.8. The lowest BCUT2D eigenvalue weighted by Gasteiger charge is -2.51. The highest BCUT2D eigenvalue weighted by atomic mass is 35.5. The lowest BCUT2D eigenvalue weighted by atomic mass is 9.86. The van der Waals surface area contributed by atoms with E-state index in [0.717, 1.165) is 27.8 Å². The van der Waals surface area contributed by atoms with Gasteiger partial charge < -0.3 is 33.2 Å². The minimum Gasteiger partial charge on any atom is -0.491 e. The van der Waals surface area contributed by atoms with Gasteiger partial charge in [0.1, 0.15) is 24.9 Å². The van der Waals surface area contributed by atoms with Gasteiger partial charge in [-0.25, -0.2) is 4.39 Å². The average Bonchev–Trinajstić information content (AvgIpc) is 3.52. The van der Waals surface area contributed by atoms with E-state index in [2.05, 4.69) is 0 Å². The Morgan fingerprint density at radius 1 is 0.722 bits per heavy atom. The second kappa shape index (κ2) is 17.1. The molecule has 0 aromatic heterocycles. The first kappa shape index (κ1) is 38.2. The molecule has 282 valence electrons. The molecule has 0 N–H and O–H groups in total. The van der Waals surface area contributed by atoms with Gasteiger partial charge in [0.15, 0.2) is 11.6 Å². The molecule has 0 radical (unpaired) electrons. The van der Waals surface area contributed by atoms with E-state index in [1.807, 2.05) is 136 Å². The highest BCUT2D eigenvalue weighted by Gasteiger charge is 2.70. The molecule has 54 heavy (non-hydrogen) atoms. The smallest absolute Gasteiger partial charge is 0.227 e. The molecule has 2 saturated heterocycles. The van der Waals surface area contributed by atoms with Crippen molar-refractivity contribution in [3.8, 4) is 5.75 Å². The van der Waals surface area contributed by atoms with Crippen molar-refractivity contribution < 1.29 is 37.5 Å². The van der Waals surface area contributed by atoms with Crippen LogP contribution < -0.4 is 4.74 Å². The van der Waals surface area contributed by atoms with Crippen LogP contribution in [-0.4, -0.2) is 43.4 Å². The fraction of sp³-hybridized carbons (Fsp3) is 0.333. The molecular weight excluding hydrogens is 707 g/mol. The van der Waals surface area contributed by atoms with Gasteiger partial charge in [0, 0.05) is 10.6 Å². The van der Waals surface area contributed by atoms with E-state index in [1.165, 1.54) is 6.07 Å². The summed E-state index contributed by atoms with van der Waals surface area (Å²) in [6.07, 6.45) is -2.23. The Kier molecular flexibility index (Phi) is 12.1. The van der Waals surface area contributed by atoms with Crippen molar-refractivity contribution in [3.63, 3.8) is 0 Å². The van der Waals surface area contributed by atoms with Crippen LogP contribution in [0.3, 0.4) is 0 Å². The van der Waals surface area contributed by atoms with Crippen molar-refractivity contribution in [1.29, 1.82) is 0 Å². The summed E-state index contributed by atoms with van der Waals surface area (Å²) in [5, 5.41) is 0.519. The minimum atomic E-state index is -1.50. The highest BCUT2D eigenvalue weighted by molar-refractivity contribution is 6.31. The average molecular weight is 753 g/mol. The van der Waals surface area contributed by atoms with Crippen molar-refractivity contribution >= 4 is 11.6 Å². The fourth-order valence-corrected chi connectivity index (χ4v) is 7.41. The molecule has 0 unspecified atom stereocenters. The molecule has 2 bridgehead atoms. The lowest BCUT2D eigenvalue weighted by molar-refractivity contribution is -0.402. The molecule has 2 fully saturated rings. The summed E-state index contributed by atoms with van der Waals surface area (Å²) >= 11 is 6.85. The van der Waals surface area contributed by atoms with Gasteiger partial charge in [-0.1, -0.05) is 115 Å². The SMILES string of the molecule is CCOc1ccc(Cc2cc([C@]34OC[C@](OC(C)C)(O3)[C@@H](OCc3ccccc3)[C@H](OCc3ccccc3)[C@H]4OCc3ccccc3)ccc2Cl)cc1F. The number of hydrogen-bond acceptors (Lipinski definition) is 7. The van der Waals surface area contributed by atoms with E-state index in [9.17, 15) is 4.39 Å². The zero-order chi connectivity index (χ0) is 37.5. The molecule has 7 nitrogen and oxygen atoms in total. The largest absolute Gasteiger partial charge is 0.491 e. The monoisotopic (exact) mass is 752 g/mol. The highest BCUT2D eigenvalue weighted by Crippen LogP contribution is 2.54. The Hall–Kier alpha value is -4.12. The van der Waals surface area contributed by atoms with E-state index in [-0.39, 0.29) is 38.3 Å². The predicted octanol–water partition coefficient (Wildman–Crippen LogP) is 9.56. The number of rotatable bonds is 16. The molecule has 2 aliphatic rings. The van der Waals surface area contributed by atoms with E-state index < -0.39 is 35.7 Å². The Bertz CT molecular complexity index is 1960. The molecular formula is C45H46ClFO7. The number of hydrogen-bond donors (Lipinski definition) is 0. The standard InChI is InChI=1S/C45H46ClFO7/c1-4-48-40-23-20-35(25-39(40)47)24-36-26-37(21-22-38(36)46)45-43(51-29-34-18-12-7-13-19-34)41(49-27-32-14-8-5-9-15-32)42(50-28-33-16-10-6-11-17-33)44(54-45,30-52-45)53-31(2)3/h5-23,25-26,31,41-43H,4,24,27-30H2,1-3H3/t41-,42-,43+,44-,45-/m0/s1. The molecule has 5 atom stereocenters. The maximum Gasteiger partial charge on any atom is 0.227 e. The second-order valence-electron chi connectivity index (χ2n) is 13.9. The van der Waals surface area contributed by atoms with Gasteiger partial charge in [0.05, 0.1) is 32.5 Å². The summed E-state index contributed by atoms with van der Waals surface area (Å²) in [7, 11) is 0. The zero-order valence-electron chi connectivity index (χ0n) is 30.8. The summed E-state index contributed by atoms with van der Waals surface area (Å²) in [5.41, 5.74) is 5.11. The third-order valence-corrected chi connectivity index (χ3v) is 9.99. The summed E-state index contributed by atoms with van der Waals surface area (Å²) in [6.45, 7) is 6.97. The molecule has 9 heteroatoms. The van der Waals surface area contributed by atoms with E-state index in [4.69, 9.17) is 44.8 Å². The van der Waals surface area contributed by atoms with Gasteiger partial charge in [-0.05, 0) is 79.3 Å². The summed E-state index contributed by atoms with van der Waals surface area (Å²) in [4.78, 5) is 0. The molecule has 2 aliphatic heterocycles. The maximum atomic E-state index is 14.9. The molecule has 5 aromatic rings. The topological polar surface area (TPSA) is 64.6 Å². The number of fused-ring (bicyclic) bond motifs is 2. The molecule has 0 aliphatic carbocycles. The Morgan fingerprint density at radius 2 is 1.31 bits per heavy atom. The van der Waals surface area contributed by atoms with Crippen LogP contribution in [-0.2, 0) is 60.4 Å². The van der Waals surface area contributed by atoms with Gasteiger partial charge in [-0.2, -0.15) is 0 Å². The predicted molar refractivity (Wildman–Crippen MR) is 205 cm³/mol. The van der Waals surface area contributed by atoms with Crippen LogP contribution in [0, 0.1) is 5.82 Å². The third-order valence-electron chi connectivity index (χ3n) is 9.62. The second-order valence-corrected chi connectivity index (χ2v) is 14.3. The van der Waals surface area contributed by atoms with E-state index in [0.29, 0.717) is 23.6 Å². The third kappa shape index (κ3) is 8.41. The normalized spacial score (nSPS) is 23.5. The van der Waals surface area contributed by atoms with Crippen LogP contribution in [0.15, 0.2) is 127 Å². The number of ether oxygens (including phenoxy) is 7. The molecule has 5 aromatic carbocycles. The quantitative estimate of drug-likeness (QED) is 0.0995. The van der Waals surface area contributed by atoms with Crippen molar-refractivity contribution in [3.05, 3.63) is 172 Å². The van der Waals surface area contributed by atoms with Crippen LogP contribution in [0.5, 0.6) is 5.75 Å². The van der Waals surface area contributed by atoms with Gasteiger partial charge >= 0.3 is 0 Å².